The highest BCUT2D eigenvalue weighted by Crippen LogP contribution is 2.34. The number of unbranched alkanes of at least 4 members (excludes halogenated alkanes) is 2. The second-order valence-corrected chi connectivity index (χ2v) is 6.33. The molecule has 0 aromatic heterocycles. The number of carbonyl (C=O) groups excluding carboxylic acids is 2. The van der Waals surface area contributed by atoms with Gasteiger partial charge >= 0.3 is 0 Å². The summed E-state index contributed by atoms with van der Waals surface area (Å²) >= 11 is 0. The molecule has 0 spiro atoms. The van der Waals surface area contributed by atoms with E-state index in [2.05, 4.69) is 12.1 Å². The van der Waals surface area contributed by atoms with E-state index in [1.165, 1.54) is 0 Å². The number of ketones is 2. The van der Waals surface area contributed by atoms with Gasteiger partial charge in [0.15, 0.2) is 11.5 Å². The standard InChI is InChI=1S/C19H27NO3/c1-6-8-9-10-15-13(5)18(21)16(17(20-23)19(15)22)14(7-2)11-12(3)4/h11,14H,6-10H2,1-5H3. The molecule has 0 amide bonds. The van der Waals surface area contributed by atoms with E-state index in [0.29, 0.717) is 24.0 Å². The van der Waals surface area contributed by atoms with Crippen LogP contribution in [-0.2, 0) is 9.59 Å². The van der Waals surface area contributed by atoms with Crippen LogP contribution >= 0.6 is 0 Å². The Labute approximate surface area is 138 Å². The van der Waals surface area contributed by atoms with Gasteiger partial charge in [-0.05, 0) is 45.2 Å². The van der Waals surface area contributed by atoms with Gasteiger partial charge in [-0.2, -0.15) is 0 Å². The molecular weight excluding hydrogens is 290 g/mol. The van der Waals surface area contributed by atoms with Crippen LogP contribution in [-0.4, -0.2) is 11.6 Å². The Morgan fingerprint density at radius 1 is 1.13 bits per heavy atom. The quantitative estimate of drug-likeness (QED) is 0.272. The maximum absolute atomic E-state index is 12.8. The molecule has 1 unspecified atom stereocenters. The molecule has 1 aliphatic rings. The Hall–Kier alpha value is -1.84. The summed E-state index contributed by atoms with van der Waals surface area (Å²) in [5.74, 6) is -0.796. The molecule has 1 rings (SSSR count). The normalized spacial score (nSPS) is 16.7. The molecule has 126 valence electrons. The highest BCUT2D eigenvalue weighted by Gasteiger charge is 2.35. The fourth-order valence-electron chi connectivity index (χ4n) is 2.98. The van der Waals surface area contributed by atoms with E-state index in [4.69, 9.17) is 0 Å². The van der Waals surface area contributed by atoms with Gasteiger partial charge in [0.1, 0.15) is 0 Å². The predicted octanol–water partition coefficient (Wildman–Crippen LogP) is 5.05. The van der Waals surface area contributed by atoms with Gasteiger partial charge in [0.2, 0.25) is 5.78 Å². The highest BCUT2D eigenvalue weighted by molar-refractivity contribution is 6.25. The van der Waals surface area contributed by atoms with Crippen molar-refractivity contribution in [3.8, 4) is 0 Å². The number of hydrogen-bond donors (Lipinski definition) is 0. The zero-order valence-corrected chi connectivity index (χ0v) is 14.9. The van der Waals surface area contributed by atoms with E-state index >= 15 is 0 Å². The Bertz CT molecular complexity index is 590. The maximum Gasteiger partial charge on any atom is 0.211 e. The molecule has 0 saturated carbocycles. The van der Waals surface area contributed by atoms with Gasteiger partial charge in [0.25, 0.3) is 0 Å². The first-order valence-electron chi connectivity index (χ1n) is 8.40. The molecule has 0 aromatic rings. The van der Waals surface area contributed by atoms with E-state index in [9.17, 15) is 14.5 Å². The Morgan fingerprint density at radius 2 is 1.78 bits per heavy atom. The number of nitroso groups, excluding NO2 is 1. The third-order valence-corrected chi connectivity index (χ3v) is 4.25. The lowest BCUT2D eigenvalue weighted by Crippen LogP contribution is -2.26. The molecule has 0 radical (unpaired) electrons. The van der Waals surface area contributed by atoms with Crippen molar-refractivity contribution in [3.63, 3.8) is 0 Å². The average Bonchev–Trinajstić information content (AvgIpc) is 2.51. The lowest BCUT2D eigenvalue weighted by atomic mass is 9.79. The number of nitrogens with zero attached hydrogens (tertiary/aromatic N) is 1. The topological polar surface area (TPSA) is 63.6 Å². The van der Waals surface area contributed by atoms with Crippen molar-refractivity contribution < 1.29 is 9.59 Å². The van der Waals surface area contributed by atoms with Crippen LogP contribution < -0.4 is 0 Å². The monoisotopic (exact) mass is 317 g/mol. The lowest BCUT2D eigenvalue weighted by Gasteiger charge is -2.23. The molecule has 0 bridgehead atoms. The average molecular weight is 317 g/mol. The van der Waals surface area contributed by atoms with Gasteiger partial charge in [-0.3, -0.25) is 9.59 Å². The maximum atomic E-state index is 12.8. The van der Waals surface area contributed by atoms with Crippen LogP contribution in [0.4, 0.5) is 0 Å². The summed E-state index contributed by atoms with van der Waals surface area (Å²) in [6.45, 7) is 9.58. The summed E-state index contributed by atoms with van der Waals surface area (Å²) in [7, 11) is 0. The van der Waals surface area contributed by atoms with Crippen LogP contribution in [0, 0.1) is 10.8 Å². The highest BCUT2D eigenvalue weighted by atomic mass is 16.3. The van der Waals surface area contributed by atoms with E-state index in [-0.39, 0.29) is 28.8 Å². The first kappa shape index (κ1) is 19.2. The smallest absolute Gasteiger partial charge is 0.211 e. The van der Waals surface area contributed by atoms with Gasteiger partial charge < -0.3 is 0 Å². The Kier molecular flexibility index (Phi) is 7.27. The summed E-state index contributed by atoms with van der Waals surface area (Å²) in [4.78, 5) is 36.7. The first-order chi connectivity index (χ1) is 10.9. The van der Waals surface area contributed by atoms with Crippen LogP contribution in [0.1, 0.15) is 66.7 Å². The largest absolute Gasteiger partial charge is 0.289 e. The summed E-state index contributed by atoms with van der Waals surface area (Å²) in [6.07, 6.45) is 5.99. The zero-order valence-electron chi connectivity index (χ0n) is 14.9. The minimum atomic E-state index is -0.358. The van der Waals surface area contributed by atoms with Gasteiger partial charge in [0, 0.05) is 22.6 Å². The van der Waals surface area contributed by atoms with E-state index < -0.39 is 0 Å². The van der Waals surface area contributed by atoms with Crippen molar-refractivity contribution in [2.45, 2.75) is 66.7 Å². The van der Waals surface area contributed by atoms with Crippen molar-refractivity contribution in [1.29, 1.82) is 0 Å². The van der Waals surface area contributed by atoms with Crippen molar-refractivity contribution in [2.24, 2.45) is 11.1 Å². The fourth-order valence-corrected chi connectivity index (χ4v) is 2.98. The van der Waals surface area contributed by atoms with Crippen molar-refractivity contribution in [3.05, 3.63) is 39.0 Å². The van der Waals surface area contributed by atoms with E-state index in [0.717, 1.165) is 24.8 Å². The SMILES string of the molecule is CCCCCC1=C(C)C(=O)C(C(C=C(C)C)CC)=C(N=O)C1=O. The van der Waals surface area contributed by atoms with E-state index in [1.807, 2.05) is 26.8 Å². The molecule has 1 aliphatic carbocycles. The van der Waals surface area contributed by atoms with Crippen LogP contribution in [0.3, 0.4) is 0 Å². The van der Waals surface area contributed by atoms with Gasteiger partial charge in [-0.15, -0.1) is 4.91 Å². The van der Waals surface area contributed by atoms with Crippen molar-refractivity contribution in [2.75, 3.05) is 0 Å². The molecule has 0 aromatic carbocycles. The number of rotatable bonds is 8. The first-order valence-corrected chi connectivity index (χ1v) is 8.40. The van der Waals surface area contributed by atoms with Crippen LogP contribution in [0.25, 0.3) is 0 Å². The molecule has 0 aliphatic heterocycles. The number of allylic oxidation sites excluding steroid dienone is 5. The number of hydrogen-bond acceptors (Lipinski definition) is 4. The molecule has 0 fully saturated rings. The molecular formula is C19H27NO3. The molecule has 4 heteroatoms. The van der Waals surface area contributed by atoms with Crippen LogP contribution in [0.5, 0.6) is 0 Å². The molecule has 23 heavy (non-hydrogen) atoms. The fraction of sp³-hybridized carbons (Fsp3) is 0.579. The molecule has 4 nitrogen and oxygen atoms in total. The van der Waals surface area contributed by atoms with Crippen molar-refractivity contribution in [1.82, 2.24) is 0 Å². The predicted molar refractivity (Wildman–Crippen MR) is 92.9 cm³/mol. The third-order valence-electron chi connectivity index (χ3n) is 4.25. The summed E-state index contributed by atoms with van der Waals surface area (Å²) in [5, 5.41) is 2.95. The second-order valence-electron chi connectivity index (χ2n) is 6.33. The summed E-state index contributed by atoms with van der Waals surface area (Å²) < 4.78 is 0. The molecule has 0 N–H and O–H groups in total. The second kappa shape index (κ2) is 8.70. The van der Waals surface area contributed by atoms with Crippen molar-refractivity contribution >= 4 is 11.6 Å². The van der Waals surface area contributed by atoms with Gasteiger partial charge in [-0.1, -0.05) is 38.3 Å². The van der Waals surface area contributed by atoms with Crippen LogP contribution in [0.2, 0.25) is 0 Å². The van der Waals surface area contributed by atoms with Gasteiger partial charge in [0.05, 0.1) is 0 Å². The van der Waals surface area contributed by atoms with Gasteiger partial charge in [-0.25, -0.2) is 0 Å². The summed E-state index contributed by atoms with van der Waals surface area (Å²) in [6, 6.07) is 0. The summed E-state index contributed by atoms with van der Waals surface area (Å²) in [5.41, 5.74) is 2.08. The Morgan fingerprint density at radius 3 is 2.26 bits per heavy atom. The minimum absolute atomic E-state index is 0.184. The minimum Gasteiger partial charge on any atom is -0.289 e. The lowest BCUT2D eigenvalue weighted by molar-refractivity contribution is -0.117. The van der Waals surface area contributed by atoms with Crippen LogP contribution in [0.15, 0.2) is 39.2 Å². The molecule has 1 atom stereocenters. The Balaban J connectivity index is 3.30. The zero-order chi connectivity index (χ0) is 17.6. The van der Waals surface area contributed by atoms with E-state index in [1.54, 1.807) is 6.92 Å². The third kappa shape index (κ3) is 4.34. The number of Topliss-reactive ketones (excluding diaryl/α,β-unsaturated/α-hetero) is 2. The molecule has 0 heterocycles. The number of carbonyl (C=O) groups is 2. The molecule has 0 saturated heterocycles.